The molecule has 5 nitrogen and oxygen atoms in total. The first-order valence-corrected chi connectivity index (χ1v) is 14.1. The van der Waals surface area contributed by atoms with Crippen molar-refractivity contribution in [2.45, 2.75) is 39.5 Å². The second-order valence-corrected chi connectivity index (χ2v) is 12.8. The van der Waals surface area contributed by atoms with Crippen molar-refractivity contribution in [3.63, 3.8) is 0 Å². The summed E-state index contributed by atoms with van der Waals surface area (Å²) in [4.78, 5) is 21.1. The van der Waals surface area contributed by atoms with Crippen LogP contribution in [-0.4, -0.2) is 0 Å². The van der Waals surface area contributed by atoms with Crippen LogP contribution in [0.5, 0.6) is 0 Å². The van der Waals surface area contributed by atoms with E-state index in [4.69, 9.17) is 3.40 Å². The van der Waals surface area contributed by atoms with Gasteiger partial charge in [-0.15, -0.1) is 0 Å². The van der Waals surface area contributed by atoms with E-state index in [9.17, 15) is 9.79 Å². The van der Waals surface area contributed by atoms with Gasteiger partial charge in [0, 0.05) is 0 Å². The third-order valence-corrected chi connectivity index (χ3v) is 3.28. The van der Waals surface area contributed by atoms with E-state index >= 15 is 0 Å². The van der Waals surface area contributed by atoms with Gasteiger partial charge in [-0.3, -0.25) is 0 Å². The van der Waals surface area contributed by atoms with E-state index in [1.54, 1.807) is 12.2 Å². The summed E-state index contributed by atoms with van der Waals surface area (Å²) in [6.45, 7) is 4.07. The molecule has 0 bridgehead atoms. The predicted molar refractivity (Wildman–Crippen MR) is 94.3 cm³/mol. The van der Waals surface area contributed by atoms with Gasteiger partial charge in [0.15, 0.2) is 0 Å². The van der Waals surface area contributed by atoms with Gasteiger partial charge < -0.3 is 43.3 Å². The van der Waals surface area contributed by atoms with Crippen molar-refractivity contribution < 1.29 is 42.0 Å². The standard InChI is InChI=1S/2C5H11O2PS2.Mo.O/c2*1-2-3-4-5-7-8(6,9)10;;/h2*4-5H,2-3H2,1H3,(H2,6,9,10);;/q;;+4;/p-4. The van der Waals surface area contributed by atoms with Gasteiger partial charge >= 0.3 is 23.2 Å². The molecule has 0 aromatic heterocycles. The molecular formula is C10H18MoO5P2S4. The molecule has 0 aromatic carbocycles. The van der Waals surface area contributed by atoms with Crippen LogP contribution in [0.15, 0.2) is 24.7 Å². The Morgan fingerprint density at radius 3 is 1.41 bits per heavy atom. The molecule has 0 heterocycles. The van der Waals surface area contributed by atoms with E-state index in [1.807, 2.05) is 13.8 Å². The Kier molecular flexibility index (Phi) is 24.2. The zero-order chi connectivity index (χ0) is 18.1. The summed E-state index contributed by atoms with van der Waals surface area (Å²) < 4.78 is 17.3. The van der Waals surface area contributed by atoms with Gasteiger partial charge in [0.05, 0.1) is 12.5 Å². The summed E-state index contributed by atoms with van der Waals surface area (Å²) in [6, 6.07) is 0. The molecule has 0 spiro atoms. The van der Waals surface area contributed by atoms with Gasteiger partial charge in [0.1, 0.15) is 0 Å². The first kappa shape index (κ1) is 28.3. The Morgan fingerprint density at radius 2 is 1.23 bits per heavy atom. The van der Waals surface area contributed by atoms with Crippen LogP contribution < -0.4 is 9.79 Å². The average molecular weight is 504 g/mol. The fourth-order valence-corrected chi connectivity index (χ4v) is 1.77. The molecule has 22 heavy (non-hydrogen) atoms. The first-order valence-electron chi connectivity index (χ1n) is 6.00. The third kappa shape index (κ3) is 37.6. The number of hydrogen-bond donors (Lipinski definition) is 0. The zero-order valence-corrected chi connectivity index (χ0v) is 19.2. The number of unbranched alkanes of at least 4 members (excludes halogenated alkanes) is 2. The van der Waals surface area contributed by atoms with Crippen LogP contribution in [-0.2, 0) is 80.3 Å². The van der Waals surface area contributed by atoms with E-state index in [0.717, 1.165) is 25.7 Å². The minimum atomic E-state index is -3.13. The molecule has 2 unspecified atom stereocenters. The molecule has 0 fully saturated rings. The fourth-order valence-electron chi connectivity index (χ4n) is 0.705. The molecule has 0 radical (unpaired) electrons. The van der Waals surface area contributed by atoms with Gasteiger partial charge in [-0.25, -0.2) is 0 Å². The molecule has 2 atom stereocenters. The molecule has 0 saturated carbocycles. The quantitative estimate of drug-likeness (QED) is 0.215. The molecule has 128 valence electrons. The van der Waals surface area contributed by atoms with Crippen LogP contribution in [0.3, 0.4) is 0 Å². The van der Waals surface area contributed by atoms with Crippen molar-refractivity contribution in [2.75, 3.05) is 0 Å². The van der Waals surface area contributed by atoms with Gasteiger partial charge in [-0.05, 0) is 25.0 Å². The molecule has 0 aromatic rings. The van der Waals surface area contributed by atoms with E-state index in [0.29, 0.717) is 19.8 Å². The van der Waals surface area contributed by atoms with Crippen LogP contribution in [0.25, 0.3) is 0 Å². The van der Waals surface area contributed by atoms with E-state index in [-0.39, 0.29) is 0 Å². The first-order chi connectivity index (χ1) is 10.1. The topological polar surface area (TPSA) is 81.7 Å². The van der Waals surface area contributed by atoms with Crippen molar-refractivity contribution >= 4 is 59.5 Å². The van der Waals surface area contributed by atoms with E-state index in [1.165, 1.54) is 12.5 Å². The van der Waals surface area contributed by atoms with Crippen LogP contribution in [0.1, 0.15) is 39.5 Å². The summed E-state index contributed by atoms with van der Waals surface area (Å²) in [6.07, 6.45) is 10.00. The second-order valence-electron chi connectivity index (χ2n) is 3.43. The minimum absolute atomic E-state index is 0.700. The predicted octanol–water partition coefficient (Wildman–Crippen LogP) is 2.78. The van der Waals surface area contributed by atoms with E-state index in [2.05, 4.69) is 57.2 Å². The van der Waals surface area contributed by atoms with Crippen molar-refractivity contribution in [3.8, 4) is 0 Å². The Bertz CT molecular complexity index is 361. The van der Waals surface area contributed by atoms with Crippen LogP contribution in [0, 0.1) is 0 Å². The summed E-state index contributed by atoms with van der Waals surface area (Å²) in [7, 11) is 0. The summed E-state index contributed by atoms with van der Waals surface area (Å²) in [5, 5.41) is 0. The van der Waals surface area contributed by atoms with E-state index < -0.39 is 11.4 Å². The number of rotatable bonds is 8. The van der Waals surface area contributed by atoms with Crippen molar-refractivity contribution in [2.24, 2.45) is 0 Å². The zero-order valence-electron chi connectivity index (χ0n) is 12.1. The fraction of sp³-hybridized carbons (Fsp3) is 0.600. The maximum atomic E-state index is 10.5. The molecule has 0 saturated heterocycles. The molecule has 0 aliphatic carbocycles. The Labute approximate surface area is 164 Å². The summed E-state index contributed by atoms with van der Waals surface area (Å²) in [5.41, 5.74) is -6.25. The molecule has 12 heteroatoms. The van der Waals surface area contributed by atoms with Gasteiger partial charge in [0.2, 0.25) is 0 Å². The van der Waals surface area contributed by atoms with Crippen LogP contribution >= 0.6 is 11.4 Å². The van der Waals surface area contributed by atoms with Crippen LogP contribution in [0.4, 0.5) is 0 Å². The normalized spacial score (nSPS) is 15.8. The van der Waals surface area contributed by atoms with Crippen molar-refractivity contribution in [1.82, 2.24) is 0 Å². The summed E-state index contributed by atoms with van der Waals surface area (Å²) in [5.74, 6) is 0. The molecule has 0 aliphatic rings. The maximum absolute atomic E-state index is 10.5. The van der Waals surface area contributed by atoms with Gasteiger partial charge in [-0.2, -0.15) is 0 Å². The molecule has 0 rings (SSSR count). The molecule has 0 amide bonds. The molecular weight excluding hydrogens is 486 g/mol. The van der Waals surface area contributed by atoms with Crippen molar-refractivity contribution in [1.29, 1.82) is 0 Å². The Hall–Kier alpha value is 1.49. The monoisotopic (exact) mass is 506 g/mol. The second kappa shape index (κ2) is 18.8. The molecule has 0 aliphatic heterocycles. The van der Waals surface area contributed by atoms with Crippen LogP contribution in [0.2, 0.25) is 0 Å². The number of hydrogen-bond acceptors (Lipinski definition) is 9. The Morgan fingerprint density at radius 1 is 0.955 bits per heavy atom. The van der Waals surface area contributed by atoms with Crippen molar-refractivity contribution in [3.05, 3.63) is 24.7 Å². The molecule has 0 N–H and O–H groups in total. The summed E-state index contributed by atoms with van der Waals surface area (Å²) >= 11 is 18.0. The number of allylic oxidation sites excluding steroid dienone is 2. The third-order valence-electron chi connectivity index (χ3n) is 1.48. The van der Waals surface area contributed by atoms with Gasteiger partial charge in [0.25, 0.3) is 0 Å². The SMILES string of the molecule is CCCC=COP([O-])(=S)[S-].CCCC=COP([O-])(=S)[S-].[O]=[Mo+4]. The average Bonchev–Trinajstić information content (AvgIpc) is 2.41. The Balaban J connectivity index is -0.000000294. The van der Waals surface area contributed by atoms with Gasteiger partial charge in [-0.1, -0.05) is 61.7 Å².